The lowest BCUT2D eigenvalue weighted by Gasteiger charge is -2.38. The van der Waals surface area contributed by atoms with Gasteiger partial charge in [-0.15, -0.1) is 0 Å². The molecule has 2 heterocycles. The number of fused-ring (bicyclic) bond motifs is 1. The highest BCUT2D eigenvalue weighted by Gasteiger charge is 2.35. The van der Waals surface area contributed by atoms with Gasteiger partial charge in [0.15, 0.2) is 6.29 Å². The van der Waals surface area contributed by atoms with E-state index in [4.69, 9.17) is 9.47 Å². The van der Waals surface area contributed by atoms with Gasteiger partial charge in [-0.05, 0) is 45.7 Å². The molecule has 0 radical (unpaired) electrons. The summed E-state index contributed by atoms with van der Waals surface area (Å²) < 4.78 is 11.3. The maximum absolute atomic E-state index is 5.65. The summed E-state index contributed by atoms with van der Waals surface area (Å²) >= 11 is 0. The maximum atomic E-state index is 5.65. The van der Waals surface area contributed by atoms with Gasteiger partial charge in [0.2, 0.25) is 0 Å². The Morgan fingerprint density at radius 2 is 2.00 bits per heavy atom. The molecule has 2 aliphatic heterocycles. The smallest absolute Gasteiger partial charge is 0.170 e. The van der Waals surface area contributed by atoms with Gasteiger partial charge in [0.05, 0.1) is 0 Å². The summed E-state index contributed by atoms with van der Waals surface area (Å²) in [7, 11) is 0. The Morgan fingerprint density at radius 1 is 1.24 bits per heavy atom. The van der Waals surface area contributed by atoms with Crippen LogP contribution in [-0.2, 0) is 9.47 Å². The van der Waals surface area contributed by atoms with Crippen molar-refractivity contribution in [2.45, 2.75) is 39.0 Å². The van der Waals surface area contributed by atoms with Gasteiger partial charge >= 0.3 is 0 Å². The van der Waals surface area contributed by atoms with Gasteiger partial charge in [-0.1, -0.05) is 0 Å². The summed E-state index contributed by atoms with van der Waals surface area (Å²) in [5, 5.41) is 3.51. The van der Waals surface area contributed by atoms with Crippen LogP contribution in [0.1, 0.15) is 26.7 Å². The summed E-state index contributed by atoms with van der Waals surface area (Å²) in [6.07, 6.45) is 2.64. The van der Waals surface area contributed by atoms with E-state index in [2.05, 4.69) is 10.2 Å². The zero-order valence-electron chi connectivity index (χ0n) is 11.2. The van der Waals surface area contributed by atoms with Crippen LogP contribution in [0.5, 0.6) is 0 Å². The van der Waals surface area contributed by atoms with Crippen LogP contribution in [0.4, 0.5) is 0 Å². The predicted octanol–water partition coefficient (Wildman–Crippen LogP) is 1.07. The lowest BCUT2D eigenvalue weighted by atomic mass is 9.92. The van der Waals surface area contributed by atoms with E-state index in [0.29, 0.717) is 6.04 Å². The van der Waals surface area contributed by atoms with Crippen molar-refractivity contribution in [2.75, 3.05) is 39.4 Å². The van der Waals surface area contributed by atoms with Gasteiger partial charge in [0, 0.05) is 32.3 Å². The highest BCUT2D eigenvalue weighted by Crippen LogP contribution is 2.26. The van der Waals surface area contributed by atoms with E-state index in [1.807, 2.05) is 13.8 Å². The molecule has 0 aromatic rings. The molecule has 0 bridgehead atoms. The first-order valence-corrected chi connectivity index (χ1v) is 7.03. The second-order valence-electron chi connectivity index (χ2n) is 4.96. The molecule has 2 rings (SSSR count). The van der Waals surface area contributed by atoms with Crippen molar-refractivity contribution < 1.29 is 9.47 Å². The second-order valence-corrected chi connectivity index (χ2v) is 4.96. The quantitative estimate of drug-likeness (QED) is 0.706. The van der Waals surface area contributed by atoms with Crippen molar-refractivity contribution in [3.05, 3.63) is 0 Å². The third-order valence-electron chi connectivity index (χ3n) is 3.88. The second kappa shape index (κ2) is 6.69. The number of rotatable bonds is 6. The number of nitrogens with one attached hydrogen (secondary N) is 1. The van der Waals surface area contributed by atoms with Crippen LogP contribution in [0, 0.1) is 5.92 Å². The zero-order chi connectivity index (χ0) is 12.1. The minimum absolute atomic E-state index is 0.0515. The lowest BCUT2D eigenvalue weighted by Crippen LogP contribution is -2.49. The van der Waals surface area contributed by atoms with E-state index in [1.54, 1.807) is 0 Å². The first-order valence-electron chi connectivity index (χ1n) is 7.03. The summed E-state index contributed by atoms with van der Waals surface area (Å²) in [5.74, 6) is 0.840. The molecule has 0 saturated carbocycles. The number of piperidine rings is 1. The predicted molar refractivity (Wildman–Crippen MR) is 68.0 cm³/mol. The zero-order valence-corrected chi connectivity index (χ0v) is 11.2. The molecule has 0 amide bonds. The maximum Gasteiger partial charge on any atom is 0.170 e. The SMILES string of the molecule is CCOC(CN1CCCC2CNCC21)OCC. The third kappa shape index (κ3) is 3.41. The largest absolute Gasteiger partial charge is 0.352 e. The molecule has 100 valence electrons. The molecule has 4 heteroatoms. The highest BCUT2D eigenvalue weighted by atomic mass is 16.7. The molecular weight excluding hydrogens is 216 g/mol. The molecular formula is C13H26N2O2. The normalized spacial score (nSPS) is 29.8. The van der Waals surface area contributed by atoms with Gasteiger partial charge < -0.3 is 14.8 Å². The molecule has 0 aromatic heterocycles. The summed E-state index contributed by atoms with van der Waals surface area (Å²) in [6.45, 7) is 9.95. The van der Waals surface area contributed by atoms with E-state index < -0.39 is 0 Å². The van der Waals surface area contributed by atoms with Crippen LogP contribution in [0.2, 0.25) is 0 Å². The molecule has 2 fully saturated rings. The number of ether oxygens (including phenoxy) is 2. The fraction of sp³-hybridized carbons (Fsp3) is 1.00. The first-order chi connectivity index (χ1) is 8.35. The van der Waals surface area contributed by atoms with Crippen LogP contribution in [0.3, 0.4) is 0 Å². The average Bonchev–Trinajstić information content (AvgIpc) is 2.79. The third-order valence-corrected chi connectivity index (χ3v) is 3.88. The number of likely N-dealkylation sites (tertiary alicyclic amines) is 1. The average molecular weight is 242 g/mol. The van der Waals surface area contributed by atoms with Crippen molar-refractivity contribution >= 4 is 0 Å². The Balaban J connectivity index is 1.86. The van der Waals surface area contributed by atoms with Gasteiger partial charge in [-0.25, -0.2) is 0 Å². The Bertz CT molecular complexity index is 219. The van der Waals surface area contributed by atoms with Crippen molar-refractivity contribution in [1.82, 2.24) is 10.2 Å². The molecule has 4 nitrogen and oxygen atoms in total. The van der Waals surface area contributed by atoms with Crippen LogP contribution in [0.15, 0.2) is 0 Å². The molecule has 0 aliphatic carbocycles. The van der Waals surface area contributed by atoms with Crippen LogP contribution in [0.25, 0.3) is 0 Å². The van der Waals surface area contributed by atoms with Crippen molar-refractivity contribution in [3.8, 4) is 0 Å². The number of hydrogen-bond acceptors (Lipinski definition) is 4. The van der Waals surface area contributed by atoms with Crippen LogP contribution in [-0.4, -0.2) is 56.6 Å². The molecule has 0 spiro atoms. The van der Waals surface area contributed by atoms with Crippen molar-refractivity contribution in [1.29, 1.82) is 0 Å². The minimum atomic E-state index is -0.0515. The molecule has 2 unspecified atom stereocenters. The van der Waals surface area contributed by atoms with E-state index in [1.165, 1.54) is 25.9 Å². The monoisotopic (exact) mass is 242 g/mol. The lowest BCUT2D eigenvalue weighted by molar-refractivity contribution is -0.153. The van der Waals surface area contributed by atoms with Crippen molar-refractivity contribution in [3.63, 3.8) is 0 Å². The Hall–Kier alpha value is -0.160. The van der Waals surface area contributed by atoms with Gasteiger partial charge in [0.25, 0.3) is 0 Å². The van der Waals surface area contributed by atoms with E-state index in [0.717, 1.165) is 32.2 Å². The number of hydrogen-bond donors (Lipinski definition) is 1. The van der Waals surface area contributed by atoms with Crippen molar-refractivity contribution in [2.24, 2.45) is 5.92 Å². The van der Waals surface area contributed by atoms with Crippen LogP contribution < -0.4 is 5.32 Å². The summed E-state index contributed by atoms with van der Waals surface area (Å²) in [4.78, 5) is 2.56. The molecule has 2 saturated heterocycles. The van der Waals surface area contributed by atoms with Gasteiger partial charge in [0.1, 0.15) is 0 Å². The number of nitrogens with zero attached hydrogens (tertiary/aromatic N) is 1. The van der Waals surface area contributed by atoms with Crippen LogP contribution >= 0.6 is 0 Å². The van der Waals surface area contributed by atoms with E-state index >= 15 is 0 Å². The minimum Gasteiger partial charge on any atom is -0.352 e. The molecule has 17 heavy (non-hydrogen) atoms. The summed E-state index contributed by atoms with van der Waals surface area (Å²) in [5.41, 5.74) is 0. The fourth-order valence-electron chi connectivity index (χ4n) is 3.11. The topological polar surface area (TPSA) is 33.7 Å². The first kappa shape index (κ1) is 13.3. The Labute approximate surface area is 105 Å². The molecule has 2 aliphatic rings. The molecule has 2 atom stereocenters. The Kier molecular flexibility index (Phi) is 5.22. The molecule has 0 aromatic carbocycles. The van der Waals surface area contributed by atoms with E-state index in [9.17, 15) is 0 Å². The fourth-order valence-corrected chi connectivity index (χ4v) is 3.11. The highest BCUT2D eigenvalue weighted by molar-refractivity contribution is 4.92. The van der Waals surface area contributed by atoms with Gasteiger partial charge in [-0.3, -0.25) is 4.90 Å². The Morgan fingerprint density at radius 3 is 2.71 bits per heavy atom. The standard InChI is InChI=1S/C13H26N2O2/c1-3-16-13(17-4-2)10-15-7-5-6-11-8-14-9-12(11)15/h11-14H,3-10H2,1-2H3. The van der Waals surface area contributed by atoms with Gasteiger partial charge in [-0.2, -0.15) is 0 Å². The van der Waals surface area contributed by atoms with E-state index in [-0.39, 0.29) is 6.29 Å². The summed E-state index contributed by atoms with van der Waals surface area (Å²) in [6, 6.07) is 0.701. The molecule has 1 N–H and O–H groups in total.